The van der Waals surface area contributed by atoms with Crippen LogP contribution in [0.25, 0.3) is 10.9 Å². The number of hydrogen-bond donors (Lipinski definition) is 1. The highest BCUT2D eigenvalue weighted by molar-refractivity contribution is 5.96. The standard InChI is InChI=1S/C29H29F4N5O/c1-17(20-10-7-11-21(23(20)31)26(32)33)34-27-22-15-38(29(16-30)12-13-29)28(39)25(24(22)35-18(2)36-27)37(3)14-19-8-5-4-6-9-19/h4-11,15,17,26H,12-14,16H2,1-3H3,(H,34,35,36)/t17-/m1/s1. The molecule has 204 valence electrons. The van der Waals surface area contributed by atoms with Crippen molar-refractivity contribution in [2.75, 3.05) is 23.9 Å². The molecule has 2 heterocycles. The first-order valence-electron chi connectivity index (χ1n) is 12.7. The minimum absolute atomic E-state index is 0.0503. The number of halogens is 4. The molecule has 0 unspecified atom stereocenters. The zero-order chi connectivity index (χ0) is 27.9. The Balaban J connectivity index is 1.66. The molecule has 1 N–H and O–H groups in total. The monoisotopic (exact) mass is 539 g/mol. The maximum Gasteiger partial charge on any atom is 0.276 e. The second kappa shape index (κ2) is 10.3. The van der Waals surface area contributed by atoms with Crippen molar-refractivity contribution in [1.29, 1.82) is 0 Å². The maximum absolute atomic E-state index is 14.9. The third-order valence-corrected chi connectivity index (χ3v) is 7.31. The Morgan fingerprint density at radius 1 is 1.08 bits per heavy atom. The summed E-state index contributed by atoms with van der Waals surface area (Å²) in [5, 5.41) is 3.59. The Bertz CT molecular complexity index is 1570. The lowest BCUT2D eigenvalue weighted by molar-refractivity contribution is 0.146. The van der Waals surface area contributed by atoms with Crippen LogP contribution in [0.4, 0.5) is 29.1 Å². The molecule has 1 fully saturated rings. The van der Waals surface area contributed by atoms with Crippen molar-refractivity contribution >= 4 is 22.4 Å². The number of benzene rings is 2. The van der Waals surface area contributed by atoms with Crippen LogP contribution in [0.3, 0.4) is 0 Å². The highest BCUT2D eigenvalue weighted by atomic mass is 19.3. The van der Waals surface area contributed by atoms with Crippen molar-refractivity contribution in [3.05, 3.63) is 93.4 Å². The van der Waals surface area contributed by atoms with Crippen LogP contribution in [0.2, 0.25) is 0 Å². The molecule has 4 aromatic rings. The van der Waals surface area contributed by atoms with E-state index in [4.69, 9.17) is 0 Å². The van der Waals surface area contributed by atoms with Gasteiger partial charge in [0.1, 0.15) is 35.3 Å². The van der Waals surface area contributed by atoms with Gasteiger partial charge in [0.25, 0.3) is 12.0 Å². The van der Waals surface area contributed by atoms with Crippen LogP contribution in [-0.4, -0.2) is 28.3 Å². The van der Waals surface area contributed by atoms with Crippen molar-refractivity contribution in [3.63, 3.8) is 0 Å². The summed E-state index contributed by atoms with van der Waals surface area (Å²) in [7, 11) is 1.78. The van der Waals surface area contributed by atoms with Gasteiger partial charge in [0, 0.05) is 25.4 Å². The van der Waals surface area contributed by atoms with E-state index >= 15 is 0 Å². The van der Waals surface area contributed by atoms with E-state index in [2.05, 4.69) is 15.3 Å². The molecule has 2 aromatic carbocycles. The highest BCUT2D eigenvalue weighted by Gasteiger charge is 2.46. The number of rotatable bonds is 9. The lowest BCUT2D eigenvalue weighted by atomic mass is 10.0. The molecule has 1 aliphatic rings. The van der Waals surface area contributed by atoms with E-state index < -0.39 is 36.1 Å². The molecule has 0 spiro atoms. The summed E-state index contributed by atoms with van der Waals surface area (Å²) in [6, 6.07) is 12.7. The molecule has 0 bridgehead atoms. The molecule has 6 nitrogen and oxygen atoms in total. The largest absolute Gasteiger partial charge is 0.364 e. The molecular formula is C29H29F4N5O. The second-order valence-corrected chi connectivity index (χ2v) is 10.2. The number of hydrogen-bond acceptors (Lipinski definition) is 5. The number of nitrogens with zero attached hydrogens (tertiary/aromatic N) is 4. The minimum atomic E-state index is -2.95. The van der Waals surface area contributed by atoms with E-state index in [1.54, 1.807) is 32.0 Å². The van der Waals surface area contributed by atoms with E-state index in [1.807, 2.05) is 30.3 Å². The Labute approximate surface area is 223 Å². The Hall–Kier alpha value is -3.95. The summed E-state index contributed by atoms with van der Waals surface area (Å²) < 4.78 is 57.2. The molecule has 0 saturated heterocycles. The fourth-order valence-corrected chi connectivity index (χ4v) is 4.97. The normalized spacial score (nSPS) is 15.0. The summed E-state index contributed by atoms with van der Waals surface area (Å²) in [6.07, 6.45) is -0.348. The van der Waals surface area contributed by atoms with Crippen LogP contribution in [0.1, 0.15) is 54.7 Å². The molecule has 1 aliphatic carbocycles. The van der Waals surface area contributed by atoms with Gasteiger partial charge in [0.2, 0.25) is 0 Å². The van der Waals surface area contributed by atoms with Gasteiger partial charge in [0.15, 0.2) is 0 Å². The second-order valence-electron chi connectivity index (χ2n) is 10.2. The van der Waals surface area contributed by atoms with Gasteiger partial charge in [-0.15, -0.1) is 0 Å². The quantitative estimate of drug-likeness (QED) is 0.248. The average Bonchev–Trinajstić information content (AvgIpc) is 3.70. The maximum atomic E-state index is 14.9. The summed E-state index contributed by atoms with van der Waals surface area (Å²) >= 11 is 0. The van der Waals surface area contributed by atoms with Crippen LogP contribution in [0, 0.1) is 12.7 Å². The molecule has 39 heavy (non-hydrogen) atoms. The summed E-state index contributed by atoms with van der Waals surface area (Å²) in [5.74, 6) is -0.334. The van der Waals surface area contributed by atoms with Gasteiger partial charge in [-0.05, 0) is 32.3 Å². The van der Waals surface area contributed by atoms with Crippen molar-refractivity contribution in [2.24, 2.45) is 0 Å². The Kier molecular flexibility index (Phi) is 7.05. The van der Waals surface area contributed by atoms with E-state index in [-0.39, 0.29) is 11.1 Å². The Morgan fingerprint density at radius 3 is 2.41 bits per heavy atom. The van der Waals surface area contributed by atoms with Gasteiger partial charge in [-0.3, -0.25) is 4.79 Å². The molecular weight excluding hydrogens is 510 g/mol. The lowest BCUT2D eigenvalue weighted by Crippen LogP contribution is -2.36. The zero-order valence-corrected chi connectivity index (χ0v) is 21.9. The van der Waals surface area contributed by atoms with Crippen molar-refractivity contribution in [3.8, 4) is 0 Å². The SMILES string of the molecule is Cc1nc(N[C@H](C)c2cccc(C(F)F)c2F)c2cn(C3(CF)CC3)c(=O)c(N(C)Cc3ccccc3)c2n1. The summed E-state index contributed by atoms with van der Waals surface area (Å²) in [4.78, 5) is 24.7. The summed E-state index contributed by atoms with van der Waals surface area (Å²) in [5.41, 5.74) is -0.280. The molecule has 0 radical (unpaired) electrons. The molecule has 0 aliphatic heterocycles. The van der Waals surface area contributed by atoms with Crippen LogP contribution < -0.4 is 15.8 Å². The first-order valence-corrected chi connectivity index (χ1v) is 12.7. The molecule has 0 amide bonds. The van der Waals surface area contributed by atoms with Crippen LogP contribution >= 0.6 is 0 Å². The van der Waals surface area contributed by atoms with Gasteiger partial charge in [0.05, 0.1) is 22.5 Å². The van der Waals surface area contributed by atoms with Crippen molar-refractivity contribution < 1.29 is 17.6 Å². The fraction of sp³-hybridized carbons (Fsp3) is 0.345. The van der Waals surface area contributed by atoms with Crippen LogP contribution in [-0.2, 0) is 12.1 Å². The van der Waals surface area contributed by atoms with Crippen molar-refractivity contribution in [1.82, 2.24) is 14.5 Å². The highest BCUT2D eigenvalue weighted by Crippen LogP contribution is 2.44. The number of aromatic nitrogens is 3. The third-order valence-electron chi connectivity index (χ3n) is 7.31. The number of aryl methyl sites for hydroxylation is 1. The van der Waals surface area contributed by atoms with Crippen LogP contribution in [0.15, 0.2) is 59.5 Å². The number of fused-ring (bicyclic) bond motifs is 1. The number of nitrogens with one attached hydrogen (secondary N) is 1. The molecule has 2 aromatic heterocycles. The zero-order valence-electron chi connectivity index (χ0n) is 21.9. The van der Waals surface area contributed by atoms with Crippen LogP contribution in [0.5, 0.6) is 0 Å². The number of pyridine rings is 1. The Morgan fingerprint density at radius 2 is 1.77 bits per heavy atom. The van der Waals surface area contributed by atoms with Gasteiger partial charge < -0.3 is 14.8 Å². The van der Waals surface area contributed by atoms with Gasteiger partial charge in [-0.25, -0.2) is 27.5 Å². The summed E-state index contributed by atoms with van der Waals surface area (Å²) in [6.45, 7) is 3.02. The predicted molar refractivity (Wildman–Crippen MR) is 144 cm³/mol. The van der Waals surface area contributed by atoms with E-state index in [0.29, 0.717) is 47.6 Å². The fourth-order valence-electron chi connectivity index (χ4n) is 4.97. The van der Waals surface area contributed by atoms with Gasteiger partial charge in [-0.2, -0.15) is 0 Å². The molecule has 5 rings (SSSR count). The smallest absolute Gasteiger partial charge is 0.276 e. The topological polar surface area (TPSA) is 63.1 Å². The molecule has 10 heteroatoms. The van der Waals surface area contributed by atoms with E-state index in [9.17, 15) is 22.4 Å². The average molecular weight is 540 g/mol. The van der Waals surface area contributed by atoms with Gasteiger partial charge >= 0.3 is 0 Å². The van der Waals surface area contributed by atoms with Crippen molar-refractivity contribution in [2.45, 2.75) is 51.2 Å². The number of alkyl halides is 3. The lowest BCUT2D eigenvalue weighted by Gasteiger charge is -2.25. The first kappa shape index (κ1) is 26.6. The predicted octanol–water partition coefficient (Wildman–Crippen LogP) is 6.44. The third kappa shape index (κ3) is 4.95. The number of anilines is 2. The van der Waals surface area contributed by atoms with E-state index in [1.165, 1.54) is 16.7 Å². The van der Waals surface area contributed by atoms with Gasteiger partial charge in [-0.1, -0.05) is 48.5 Å². The first-order chi connectivity index (χ1) is 18.6. The molecule has 1 saturated carbocycles. The minimum Gasteiger partial charge on any atom is -0.364 e. The molecule has 1 atom stereocenters. The van der Waals surface area contributed by atoms with E-state index in [0.717, 1.165) is 11.6 Å².